The molecule has 5 heteroatoms. The Hall–Kier alpha value is -1.85. The van der Waals surface area contributed by atoms with Gasteiger partial charge in [0.05, 0.1) is 6.61 Å². The zero-order valence-corrected chi connectivity index (χ0v) is 13.0. The third-order valence-electron chi connectivity index (χ3n) is 2.77. The van der Waals surface area contributed by atoms with Crippen LogP contribution in [0.5, 0.6) is 0 Å². The summed E-state index contributed by atoms with van der Waals surface area (Å²) in [6, 6.07) is 17.4. The van der Waals surface area contributed by atoms with Gasteiger partial charge >= 0.3 is 6.09 Å². The number of halogens is 1. The van der Waals surface area contributed by atoms with Crippen LogP contribution in [-0.4, -0.2) is 12.7 Å². The van der Waals surface area contributed by atoms with Gasteiger partial charge in [0.15, 0.2) is 0 Å². The summed E-state index contributed by atoms with van der Waals surface area (Å²) in [7, 11) is 0. The lowest BCUT2D eigenvalue weighted by molar-refractivity contribution is 0.0267. The quantitative estimate of drug-likeness (QED) is 0.636. The average Bonchev–Trinajstić information content (AvgIpc) is 2.52. The van der Waals surface area contributed by atoms with Crippen LogP contribution in [0.15, 0.2) is 59.1 Å². The molecule has 1 N–H and O–H groups in total. The zero-order valence-electron chi connectivity index (χ0n) is 11.4. The van der Waals surface area contributed by atoms with Crippen LogP contribution in [-0.2, 0) is 22.6 Å². The molecule has 0 unspecified atom stereocenters. The number of ether oxygens (including phenoxy) is 1. The van der Waals surface area contributed by atoms with Gasteiger partial charge in [-0.3, -0.25) is 4.84 Å². The first kappa shape index (κ1) is 15.5. The predicted molar refractivity (Wildman–Crippen MR) is 83.6 cm³/mol. The standard InChI is InChI=1S/C16H16BrNO3/c17-15-8-6-13(7-9-15)10-11-21-18-16(19)20-12-14-4-2-1-3-5-14/h1-9H,10-12H2,(H,18,19). The smallest absolute Gasteiger partial charge is 0.431 e. The van der Waals surface area contributed by atoms with E-state index in [4.69, 9.17) is 9.57 Å². The van der Waals surface area contributed by atoms with E-state index < -0.39 is 6.09 Å². The molecule has 0 saturated carbocycles. The number of benzene rings is 2. The molecule has 0 spiro atoms. The average molecular weight is 350 g/mol. The highest BCUT2D eigenvalue weighted by Crippen LogP contribution is 2.10. The molecule has 2 rings (SSSR count). The lowest BCUT2D eigenvalue weighted by Gasteiger charge is -2.07. The number of amides is 1. The maximum atomic E-state index is 11.4. The van der Waals surface area contributed by atoms with Crippen LogP contribution in [0.3, 0.4) is 0 Å². The molecule has 0 aliphatic heterocycles. The van der Waals surface area contributed by atoms with Crippen molar-refractivity contribution in [3.63, 3.8) is 0 Å². The lowest BCUT2D eigenvalue weighted by atomic mass is 10.2. The molecule has 0 fully saturated rings. The molecule has 1 amide bonds. The van der Waals surface area contributed by atoms with Crippen LogP contribution in [0.2, 0.25) is 0 Å². The van der Waals surface area contributed by atoms with Gasteiger partial charge in [-0.15, -0.1) is 0 Å². The molecule has 0 radical (unpaired) electrons. The van der Waals surface area contributed by atoms with Crippen LogP contribution in [0.25, 0.3) is 0 Å². The molecule has 0 atom stereocenters. The highest BCUT2D eigenvalue weighted by Gasteiger charge is 2.02. The summed E-state index contributed by atoms with van der Waals surface area (Å²) >= 11 is 3.38. The van der Waals surface area contributed by atoms with Crippen molar-refractivity contribution in [2.24, 2.45) is 0 Å². The largest absolute Gasteiger partial charge is 0.443 e. The van der Waals surface area contributed by atoms with Crippen LogP contribution < -0.4 is 5.48 Å². The van der Waals surface area contributed by atoms with Crippen molar-refractivity contribution in [1.29, 1.82) is 0 Å². The van der Waals surface area contributed by atoms with E-state index in [2.05, 4.69) is 21.4 Å². The summed E-state index contributed by atoms with van der Waals surface area (Å²) < 4.78 is 6.05. The first-order valence-electron chi connectivity index (χ1n) is 6.57. The molecule has 0 aliphatic carbocycles. The van der Waals surface area contributed by atoms with Crippen molar-refractivity contribution in [2.45, 2.75) is 13.0 Å². The SMILES string of the molecule is O=C(NOCCc1ccc(Br)cc1)OCc1ccccc1. The topological polar surface area (TPSA) is 47.6 Å². The van der Waals surface area contributed by atoms with Crippen molar-refractivity contribution in [3.8, 4) is 0 Å². The fraction of sp³-hybridized carbons (Fsp3) is 0.188. The monoisotopic (exact) mass is 349 g/mol. The number of hydroxylamine groups is 1. The number of carbonyl (C=O) groups excluding carboxylic acids is 1. The fourth-order valence-electron chi connectivity index (χ4n) is 1.68. The Morgan fingerprint density at radius 3 is 2.43 bits per heavy atom. The van der Waals surface area contributed by atoms with E-state index in [1.54, 1.807) is 0 Å². The third kappa shape index (κ3) is 5.97. The second-order valence-corrected chi connectivity index (χ2v) is 5.30. The minimum Gasteiger partial charge on any atom is -0.443 e. The van der Waals surface area contributed by atoms with Gasteiger partial charge in [0, 0.05) is 4.47 Å². The van der Waals surface area contributed by atoms with E-state index in [0.717, 1.165) is 15.6 Å². The summed E-state index contributed by atoms with van der Waals surface area (Å²) in [5.74, 6) is 0. The van der Waals surface area contributed by atoms with Crippen LogP contribution >= 0.6 is 15.9 Å². The van der Waals surface area contributed by atoms with Gasteiger partial charge in [-0.1, -0.05) is 58.4 Å². The summed E-state index contributed by atoms with van der Waals surface area (Å²) in [6.45, 7) is 0.616. The molecular formula is C16H16BrNO3. The Bertz CT molecular complexity index is 557. The number of nitrogens with one attached hydrogen (secondary N) is 1. The second-order valence-electron chi connectivity index (χ2n) is 4.39. The summed E-state index contributed by atoms with van der Waals surface area (Å²) in [5.41, 5.74) is 4.33. The molecule has 110 valence electrons. The second kappa shape index (κ2) is 8.44. The van der Waals surface area contributed by atoms with Crippen molar-refractivity contribution < 1.29 is 14.4 Å². The van der Waals surface area contributed by atoms with E-state index in [9.17, 15) is 4.79 Å². The highest BCUT2D eigenvalue weighted by atomic mass is 79.9. The van der Waals surface area contributed by atoms with Gasteiger partial charge in [-0.25, -0.2) is 4.79 Å². The molecule has 21 heavy (non-hydrogen) atoms. The molecule has 0 bridgehead atoms. The zero-order chi connectivity index (χ0) is 14.9. The predicted octanol–water partition coefficient (Wildman–Crippen LogP) is 3.85. The number of hydrogen-bond donors (Lipinski definition) is 1. The minimum absolute atomic E-state index is 0.225. The number of hydrogen-bond acceptors (Lipinski definition) is 3. The molecule has 2 aromatic rings. The minimum atomic E-state index is -0.588. The van der Waals surface area contributed by atoms with Gasteiger partial charge in [0.25, 0.3) is 0 Å². The number of rotatable bonds is 6. The highest BCUT2D eigenvalue weighted by molar-refractivity contribution is 9.10. The summed E-state index contributed by atoms with van der Waals surface area (Å²) in [4.78, 5) is 16.5. The normalized spacial score (nSPS) is 10.1. The van der Waals surface area contributed by atoms with E-state index in [1.807, 2.05) is 54.6 Å². The van der Waals surface area contributed by atoms with E-state index in [-0.39, 0.29) is 6.61 Å². The van der Waals surface area contributed by atoms with Crippen LogP contribution in [0, 0.1) is 0 Å². The number of carbonyl (C=O) groups is 1. The van der Waals surface area contributed by atoms with Gasteiger partial charge in [0.1, 0.15) is 6.61 Å². The van der Waals surface area contributed by atoms with Gasteiger partial charge in [-0.2, -0.15) is 5.48 Å². The van der Waals surface area contributed by atoms with Crippen LogP contribution in [0.1, 0.15) is 11.1 Å². The fourth-order valence-corrected chi connectivity index (χ4v) is 1.95. The van der Waals surface area contributed by atoms with E-state index >= 15 is 0 Å². The third-order valence-corrected chi connectivity index (χ3v) is 3.30. The maximum absolute atomic E-state index is 11.4. The molecule has 0 saturated heterocycles. The van der Waals surface area contributed by atoms with E-state index in [1.165, 1.54) is 0 Å². The first-order valence-corrected chi connectivity index (χ1v) is 7.36. The molecule has 0 aromatic heterocycles. The Balaban J connectivity index is 1.60. The molecule has 2 aromatic carbocycles. The van der Waals surface area contributed by atoms with Crippen molar-refractivity contribution in [1.82, 2.24) is 5.48 Å². The maximum Gasteiger partial charge on any atom is 0.431 e. The molecule has 0 aliphatic rings. The Kier molecular flexibility index (Phi) is 6.24. The lowest BCUT2D eigenvalue weighted by Crippen LogP contribution is -2.25. The van der Waals surface area contributed by atoms with Gasteiger partial charge < -0.3 is 4.74 Å². The molecule has 4 nitrogen and oxygen atoms in total. The van der Waals surface area contributed by atoms with Crippen molar-refractivity contribution >= 4 is 22.0 Å². The van der Waals surface area contributed by atoms with Crippen molar-refractivity contribution in [3.05, 3.63) is 70.2 Å². The van der Waals surface area contributed by atoms with Gasteiger partial charge in [-0.05, 0) is 29.7 Å². The summed E-state index contributed by atoms with van der Waals surface area (Å²) in [5, 5.41) is 0. The van der Waals surface area contributed by atoms with Crippen molar-refractivity contribution in [2.75, 3.05) is 6.61 Å². The van der Waals surface area contributed by atoms with E-state index in [0.29, 0.717) is 13.0 Å². The molecule has 0 heterocycles. The Labute approximate surface area is 132 Å². The Morgan fingerprint density at radius 1 is 1.00 bits per heavy atom. The molecular weight excluding hydrogens is 334 g/mol. The van der Waals surface area contributed by atoms with Crippen LogP contribution in [0.4, 0.5) is 4.79 Å². The first-order chi connectivity index (χ1) is 10.2. The summed E-state index contributed by atoms with van der Waals surface area (Å²) in [6.07, 6.45) is 0.126. The van der Waals surface area contributed by atoms with Gasteiger partial charge in [0.2, 0.25) is 0 Å². The Morgan fingerprint density at radius 2 is 1.71 bits per heavy atom.